The number of rotatable bonds is 3. The highest BCUT2D eigenvalue weighted by Crippen LogP contribution is 2.25. The van der Waals surface area contributed by atoms with Gasteiger partial charge in [0.15, 0.2) is 0 Å². The molecule has 1 fully saturated rings. The molecule has 0 bridgehead atoms. The highest BCUT2D eigenvalue weighted by molar-refractivity contribution is 6.29. The van der Waals surface area contributed by atoms with Crippen LogP contribution in [0.3, 0.4) is 0 Å². The van der Waals surface area contributed by atoms with Gasteiger partial charge in [-0.15, -0.1) is 0 Å². The average Bonchev–Trinajstić information content (AvgIpc) is 2.87. The number of nitrogens with one attached hydrogen (secondary N) is 2. The third-order valence-electron chi connectivity index (χ3n) is 1.85. The van der Waals surface area contributed by atoms with Gasteiger partial charge in [-0.2, -0.15) is 4.98 Å². The van der Waals surface area contributed by atoms with Gasteiger partial charge in [0.05, 0.1) is 0 Å². The summed E-state index contributed by atoms with van der Waals surface area (Å²) in [6, 6.07) is 2.32. The SMILES string of the molecule is CNc1nc(Cl)cc(NC2CC2)n1. The number of anilines is 2. The first kappa shape index (κ1) is 8.56. The minimum absolute atomic E-state index is 0.461. The Balaban J connectivity index is 2.17. The first-order chi connectivity index (χ1) is 6.28. The maximum atomic E-state index is 5.80. The Kier molecular flexibility index (Phi) is 2.22. The van der Waals surface area contributed by atoms with Crippen molar-refractivity contribution >= 4 is 23.4 Å². The Morgan fingerprint density at radius 3 is 2.85 bits per heavy atom. The van der Waals surface area contributed by atoms with Crippen molar-refractivity contribution in [3.05, 3.63) is 11.2 Å². The molecule has 70 valence electrons. The second kappa shape index (κ2) is 3.38. The van der Waals surface area contributed by atoms with Crippen LogP contribution in [0.15, 0.2) is 6.07 Å². The summed E-state index contributed by atoms with van der Waals surface area (Å²) >= 11 is 5.80. The zero-order valence-electron chi connectivity index (χ0n) is 7.34. The standard InChI is InChI=1S/C8H11ClN4/c1-10-8-12-6(9)4-7(13-8)11-5-2-3-5/h4-5H,2-3H2,1H3,(H2,10,11,12,13). The van der Waals surface area contributed by atoms with Crippen molar-refractivity contribution < 1.29 is 0 Å². The molecule has 0 spiro atoms. The Hall–Kier alpha value is -1.03. The number of hydrogen-bond acceptors (Lipinski definition) is 4. The third kappa shape index (κ3) is 2.21. The van der Waals surface area contributed by atoms with Crippen LogP contribution in [0.2, 0.25) is 5.15 Å². The minimum Gasteiger partial charge on any atom is -0.367 e. The summed E-state index contributed by atoms with van der Waals surface area (Å²) in [7, 11) is 1.77. The second-order valence-electron chi connectivity index (χ2n) is 3.07. The van der Waals surface area contributed by atoms with Gasteiger partial charge < -0.3 is 10.6 Å². The van der Waals surface area contributed by atoms with Crippen LogP contribution in [-0.2, 0) is 0 Å². The van der Waals surface area contributed by atoms with Gasteiger partial charge in [0.2, 0.25) is 5.95 Å². The Labute approximate surface area is 81.7 Å². The summed E-state index contributed by atoms with van der Waals surface area (Å²) in [4.78, 5) is 8.20. The molecule has 1 aromatic rings. The molecule has 1 aliphatic carbocycles. The zero-order valence-corrected chi connectivity index (χ0v) is 8.10. The quantitative estimate of drug-likeness (QED) is 0.727. The Bertz CT molecular complexity index is 311. The lowest BCUT2D eigenvalue weighted by Crippen LogP contribution is -2.05. The predicted molar refractivity (Wildman–Crippen MR) is 53.2 cm³/mol. The summed E-state index contributed by atoms with van der Waals surface area (Å²) in [5.41, 5.74) is 0. The molecule has 5 heteroatoms. The van der Waals surface area contributed by atoms with Gasteiger partial charge in [0.25, 0.3) is 0 Å². The summed E-state index contributed by atoms with van der Waals surface area (Å²) < 4.78 is 0. The first-order valence-corrected chi connectivity index (χ1v) is 4.64. The van der Waals surface area contributed by atoms with E-state index < -0.39 is 0 Å². The van der Waals surface area contributed by atoms with Gasteiger partial charge >= 0.3 is 0 Å². The van der Waals surface area contributed by atoms with Crippen molar-refractivity contribution in [1.29, 1.82) is 0 Å². The van der Waals surface area contributed by atoms with Crippen molar-refractivity contribution in [2.24, 2.45) is 0 Å². The van der Waals surface area contributed by atoms with Crippen LogP contribution in [0, 0.1) is 0 Å². The van der Waals surface area contributed by atoms with Crippen LogP contribution in [0.1, 0.15) is 12.8 Å². The molecule has 1 aromatic heterocycles. The van der Waals surface area contributed by atoms with Crippen LogP contribution < -0.4 is 10.6 Å². The molecule has 0 aromatic carbocycles. The number of halogens is 1. The van der Waals surface area contributed by atoms with Crippen molar-refractivity contribution in [3.8, 4) is 0 Å². The molecule has 0 atom stereocenters. The Morgan fingerprint density at radius 2 is 2.23 bits per heavy atom. The molecule has 1 aliphatic rings. The maximum absolute atomic E-state index is 5.80. The molecular formula is C8H11ClN4. The van der Waals surface area contributed by atoms with Crippen LogP contribution in [0.4, 0.5) is 11.8 Å². The first-order valence-electron chi connectivity index (χ1n) is 4.27. The monoisotopic (exact) mass is 198 g/mol. The fraction of sp³-hybridized carbons (Fsp3) is 0.500. The maximum Gasteiger partial charge on any atom is 0.225 e. The molecule has 0 aliphatic heterocycles. The van der Waals surface area contributed by atoms with Gasteiger partial charge in [0, 0.05) is 19.2 Å². The Morgan fingerprint density at radius 1 is 1.46 bits per heavy atom. The average molecular weight is 199 g/mol. The van der Waals surface area contributed by atoms with Crippen LogP contribution in [0.25, 0.3) is 0 Å². The molecule has 0 radical (unpaired) electrons. The fourth-order valence-electron chi connectivity index (χ4n) is 1.04. The zero-order chi connectivity index (χ0) is 9.26. The summed E-state index contributed by atoms with van der Waals surface area (Å²) in [5.74, 6) is 1.35. The highest BCUT2D eigenvalue weighted by atomic mass is 35.5. The topological polar surface area (TPSA) is 49.8 Å². The van der Waals surface area contributed by atoms with Crippen molar-refractivity contribution in [1.82, 2.24) is 9.97 Å². The van der Waals surface area contributed by atoms with Crippen molar-refractivity contribution in [2.75, 3.05) is 17.7 Å². The number of aromatic nitrogens is 2. The fourth-order valence-corrected chi connectivity index (χ4v) is 1.22. The smallest absolute Gasteiger partial charge is 0.225 e. The largest absolute Gasteiger partial charge is 0.367 e. The lowest BCUT2D eigenvalue weighted by atomic mass is 10.5. The van der Waals surface area contributed by atoms with Crippen molar-refractivity contribution in [3.63, 3.8) is 0 Å². The van der Waals surface area contributed by atoms with Gasteiger partial charge in [-0.25, -0.2) is 4.98 Å². The molecule has 2 rings (SSSR count). The predicted octanol–water partition coefficient (Wildman–Crippen LogP) is 1.75. The molecule has 2 N–H and O–H groups in total. The molecule has 1 saturated carbocycles. The van der Waals surface area contributed by atoms with Gasteiger partial charge in [-0.3, -0.25) is 0 Å². The number of hydrogen-bond donors (Lipinski definition) is 2. The molecule has 1 heterocycles. The lowest BCUT2D eigenvalue weighted by Gasteiger charge is -2.05. The molecule has 4 nitrogen and oxygen atoms in total. The summed E-state index contributed by atoms with van der Waals surface area (Å²) in [5, 5.41) is 6.57. The van der Waals surface area contributed by atoms with Crippen molar-refractivity contribution in [2.45, 2.75) is 18.9 Å². The second-order valence-corrected chi connectivity index (χ2v) is 3.46. The third-order valence-corrected chi connectivity index (χ3v) is 2.04. The summed E-state index contributed by atoms with van der Waals surface area (Å²) in [6.45, 7) is 0. The van der Waals surface area contributed by atoms with E-state index in [0.717, 1.165) is 5.82 Å². The van der Waals surface area contributed by atoms with E-state index in [0.29, 0.717) is 17.1 Å². The minimum atomic E-state index is 0.461. The van der Waals surface area contributed by atoms with Crippen LogP contribution in [-0.4, -0.2) is 23.1 Å². The van der Waals surface area contributed by atoms with Gasteiger partial charge in [0.1, 0.15) is 11.0 Å². The number of nitrogens with zero attached hydrogens (tertiary/aromatic N) is 2. The molecule has 0 unspecified atom stereocenters. The van der Waals surface area contributed by atoms with E-state index in [2.05, 4.69) is 20.6 Å². The van der Waals surface area contributed by atoms with E-state index in [4.69, 9.17) is 11.6 Å². The summed E-state index contributed by atoms with van der Waals surface area (Å²) in [6.07, 6.45) is 2.44. The molecular weight excluding hydrogens is 188 g/mol. The molecule has 0 amide bonds. The van der Waals surface area contributed by atoms with Gasteiger partial charge in [-0.05, 0) is 12.8 Å². The lowest BCUT2D eigenvalue weighted by molar-refractivity contribution is 1.08. The van der Waals surface area contributed by atoms with E-state index in [9.17, 15) is 0 Å². The van der Waals surface area contributed by atoms with E-state index in [-0.39, 0.29) is 0 Å². The van der Waals surface area contributed by atoms with Gasteiger partial charge in [-0.1, -0.05) is 11.6 Å². The van der Waals surface area contributed by atoms with E-state index >= 15 is 0 Å². The van der Waals surface area contributed by atoms with Crippen LogP contribution >= 0.6 is 11.6 Å². The normalized spacial score (nSPS) is 15.5. The van der Waals surface area contributed by atoms with E-state index in [1.807, 2.05) is 0 Å². The van der Waals surface area contributed by atoms with E-state index in [1.165, 1.54) is 12.8 Å². The molecule has 0 saturated heterocycles. The van der Waals surface area contributed by atoms with Crippen LogP contribution in [0.5, 0.6) is 0 Å². The highest BCUT2D eigenvalue weighted by Gasteiger charge is 2.21. The van der Waals surface area contributed by atoms with E-state index in [1.54, 1.807) is 13.1 Å². The molecule has 13 heavy (non-hydrogen) atoms.